The average Bonchev–Trinajstić information content (AvgIpc) is 2.70. The zero-order valence-corrected chi connectivity index (χ0v) is 16.4. The molecule has 2 aromatic rings. The van der Waals surface area contributed by atoms with Gasteiger partial charge in [0.25, 0.3) is 0 Å². The number of halogens is 1. The van der Waals surface area contributed by atoms with Gasteiger partial charge in [0.1, 0.15) is 5.82 Å². The highest BCUT2D eigenvalue weighted by Crippen LogP contribution is 2.28. The summed E-state index contributed by atoms with van der Waals surface area (Å²) in [5.41, 5.74) is 3.28. The first-order valence-electron chi connectivity index (χ1n) is 10.2. The van der Waals surface area contributed by atoms with Gasteiger partial charge in [0.15, 0.2) is 0 Å². The molecule has 2 saturated heterocycles. The maximum Gasteiger partial charge on any atom is 0.123 e. The van der Waals surface area contributed by atoms with Crippen LogP contribution in [-0.2, 0) is 0 Å². The number of hydrogen-bond donors (Lipinski definition) is 0. The van der Waals surface area contributed by atoms with Crippen LogP contribution in [0, 0.1) is 5.82 Å². The number of likely N-dealkylation sites (N-methyl/N-ethyl adjacent to an activating group) is 1. The number of anilines is 1. The topological polar surface area (TPSA) is 9.72 Å². The third kappa shape index (κ3) is 4.17. The molecule has 3 nitrogen and oxygen atoms in total. The van der Waals surface area contributed by atoms with E-state index >= 15 is 0 Å². The van der Waals surface area contributed by atoms with Crippen LogP contribution in [0.3, 0.4) is 0 Å². The fourth-order valence-corrected chi connectivity index (χ4v) is 4.45. The molecule has 0 bridgehead atoms. The van der Waals surface area contributed by atoms with E-state index in [9.17, 15) is 4.39 Å². The van der Waals surface area contributed by atoms with Gasteiger partial charge in [-0.2, -0.15) is 0 Å². The molecule has 2 aliphatic rings. The molecule has 0 aliphatic carbocycles. The number of benzene rings is 2. The normalized spacial score (nSPS) is 22.9. The molecular formula is C23H30FN3. The number of nitrogens with zero attached hydrogens (tertiary/aromatic N) is 3. The molecular weight excluding hydrogens is 337 g/mol. The van der Waals surface area contributed by atoms with Crippen LogP contribution in [0.15, 0.2) is 48.5 Å². The van der Waals surface area contributed by atoms with Crippen molar-refractivity contribution in [2.24, 2.45) is 0 Å². The first kappa shape index (κ1) is 18.5. The standard InChI is InChI=1S/C23H30FN3/c1-18-17-27(14-13-25(18)2)22-9-11-26(12-10-22)23-8-4-6-20(16-23)19-5-3-7-21(24)15-19/h3-8,15-16,18,22H,9-14,17H2,1-2H3. The Morgan fingerprint density at radius 2 is 1.59 bits per heavy atom. The molecule has 0 spiro atoms. The van der Waals surface area contributed by atoms with Gasteiger partial charge in [0, 0.05) is 50.5 Å². The first-order valence-corrected chi connectivity index (χ1v) is 10.2. The van der Waals surface area contributed by atoms with Gasteiger partial charge in [-0.25, -0.2) is 4.39 Å². The molecule has 2 aromatic carbocycles. The fourth-order valence-electron chi connectivity index (χ4n) is 4.45. The van der Waals surface area contributed by atoms with Gasteiger partial charge in [-0.05, 0) is 62.2 Å². The second-order valence-electron chi connectivity index (χ2n) is 8.10. The molecule has 4 rings (SSSR count). The van der Waals surface area contributed by atoms with Gasteiger partial charge >= 0.3 is 0 Å². The Morgan fingerprint density at radius 1 is 0.889 bits per heavy atom. The van der Waals surface area contributed by atoms with Crippen LogP contribution in [0.4, 0.5) is 10.1 Å². The molecule has 2 aliphatic heterocycles. The minimum Gasteiger partial charge on any atom is -0.371 e. The minimum absolute atomic E-state index is 0.180. The molecule has 144 valence electrons. The minimum atomic E-state index is -0.180. The van der Waals surface area contributed by atoms with Crippen molar-refractivity contribution in [1.82, 2.24) is 9.80 Å². The molecule has 0 N–H and O–H groups in total. The lowest BCUT2D eigenvalue weighted by Gasteiger charge is -2.45. The fraction of sp³-hybridized carbons (Fsp3) is 0.478. The molecule has 4 heteroatoms. The van der Waals surface area contributed by atoms with Crippen molar-refractivity contribution in [2.45, 2.75) is 31.8 Å². The Hall–Kier alpha value is -1.91. The quantitative estimate of drug-likeness (QED) is 0.809. The number of piperidine rings is 1. The van der Waals surface area contributed by atoms with Crippen LogP contribution in [0.1, 0.15) is 19.8 Å². The van der Waals surface area contributed by atoms with Gasteiger partial charge in [0.2, 0.25) is 0 Å². The Balaban J connectivity index is 1.41. The molecule has 1 atom stereocenters. The van der Waals surface area contributed by atoms with Crippen LogP contribution in [0.2, 0.25) is 0 Å². The van der Waals surface area contributed by atoms with E-state index in [-0.39, 0.29) is 5.82 Å². The van der Waals surface area contributed by atoms with E-state index in [1.807, 2.05) is 6.07 Å². The number of piperazine rings is 1. The van der Waals surface area contributed by atoms with E-state index in [0.29, 0.717) is 12.1 Å². The van der Waals surface area contributed by atoms with Crippen molar-refractivity contribution in [1.29, 1.82) is 0 Å². The zero-order chi connectivity index (χ0) is 18.8. The highest BCUT2D eigenvalue weighted by Gasteiger charge is 2.29. The zero-order valence-electron chi connectivity index (χ0n) is 16.4. The van der Waals surface area contributed by atoms with E-state index in [4.69, 9.17) is 0 Å². The van der Waals surface area contributed by atoms with Gasteiger partial charge in [0.05, 0.1) is 0 Å². The number of rotatable bonds is 3. The molecule has 0 radical (unpaired) electrons. The smallest absolute Gasteiger partial charge is 0.123 e. The second-order valence-corrected chi connectivity index (χ2v) is 8.10. The van der Waals surface area contributed by atoms with Gasteiger partial charge < -0.3 is 9.80 Å². The summed E-state index contributed by atoms with van der Waals surface area (Å²) in [5, 5.41) is 0. The Kier molecular flexibility index (Phi) is 5.46. The molecule has 27 heavy (non-hydrogen) atoms. The second kappa shape index (κ2) is 7.99. The van der Waals surface area contributed by atoms with Crippen LogP contribution in [-0.4, -0.2) is 61.7 Å². The highest BCUT2D eigenvalue weighted by molar-refractivity contribution is 5.68. The average molecular weight is 368 g/mol. The molecule has 0 aromatic heterocycles. The summed E-state index contributed by atoms with van der Waals surface area (Å²) >= 11 is 0. The molecule has 2 heterocycles. The van der Waals surface area contributed by atoms with E-state index in [1.54, 1.807) is 12.1 Å². The predicted octanol–water partition coefficient (Wildman–Crippen LogP) is 4.10. The van der Waals surface area contributed by atoms with Crippen molar-refractivity contribution in [3.8, 4) is 11.1 Å². The van der Waals surface area contributed by atoms with Crippen LogP contribution in [0.5, 0.6) is 0 Å². The van der Waals surface area contributed by atoms with E-state index < -0.39 is 0 Å². The summed E-state index contributed by atoms with van der Waals surface area (Å²) in [6.07, 6.45) is 2.45. The summed E-state index contributed by atoms with van der Waals surface area (Å²) in [6, 6.07) is 16.8. The SMILES string of the molecule is CC1CN(C2CCN(c3cccc(-c4cccc(F)c4)c3)CC2)CCN1C. The lowest BCUT2D eigenvalue weighted by Crippen LogP contribution is -2.55. The van der Waals surface area contributed by atoms with Crippen molar-refractivity contribution in [3.63, 3.8) is 0 Å². The van der Waals surface area contributed by atoms with Gasteiger partial charge in [-0.15, -0.1) is 0 Å². The van der Waals surface area contributed by atoms with Crippen LogP contribution < -0.4 is 4.90 Å². The molecule has 2 fully saturated rings. The monoisotopic (exact) mass is 367 g/mol. The van der Waals surface area contributed by atoms with Crippen molar-refractivity contribution < 1.29 is 4.39 Å². The van der Waals surface area contributed by atoms with E-state index in [0.717, 1.165) is 24.2 Å². The molecule has 0 saturated carbocycles. The van der Waals surface area contributed by atoms with E-state index in [2.05, 4.69) is 52.9 Å². The summed E-state index contributed by atoms with van der Waals surface area (Å²) < 4.78 is 13.6. The summed E-state index contributed by atoms with van der Waals surface area (Å²) in [6.45, 7) is 8.09. The van der Waals surface area contributed by atoms with E-state index in [1.165, 1.54) is 44.2 Å². The van der Waals surface area contributed by atoms with Crippen LogP contribution in [0.25, 0.3) is 11.1 Å². The third-order valence-electron chi connectivity index (χ3n) is 6.34. The van der Waals surface area contributed by atoms with Crippen LogP contribution >= 0.6 is 0 Å². The Bertz CT molecular complexity index is 770. The third-order valence-corrected chi connectivity index (χ3v) is 6.34. The van der Waals surface area contributed by atoms with Gasteiger partial charge in [-0.3, -0.25) is 4.90 Å². The Morgan fingerprint density at radius 3 is 2.30 bits per heavy atom. The lowest BCUT2D eigenvalue weighted by atomic mass is 9.99. The maximum atomic E-state index is 13.6. The summed E-state index contributed by atoms with van der Waals surface area (Å²) in [7, 11) is 2.23. The molecule has 1 unspecified atom stereocenters. The maximum absolute atomic E-state index is 13.6. The molecule has 0 amide bonds. The van der Waals surface area contributed by atoms with Crippen molar-refractivity contribution in [3.05, 3.63) is 54.3 Å². The van der Waals surface area contributed by atoms with Crippen molar-refractivity contribution >= 4 is 5.69 Å². The summed E-state index contributed by atoms with van der Waals surface area (Å²) in [4.78, 5) is 7.65. The highest BCUT2D eigenvalue weighted by atomic mass is 19.1. The lowest BCUT2D eigenvalue weighted by molar-refractivity contribution is 0.0627. The number of hydrogen-bond acceptors (Lipinski definition) is 3. The first-order chi connectivity index (χ1) is 13.1. The van der Waals surface area contributed by atoms with Crippen molar-refractivity contribution in [2.75, 3.05) is 44.7 Å². The summed E-state index contributed by atoms with van der Waals surface area (Å²) in [5.74, 6) is -0.180. The largest absolute Gasteiger partial charge is 0.371 e. The Labute approximate surface area is 162 Å². The predicted molar refractivity (Wildman–Crippen MR) is 111 cm³/mol. The van der Waals surface area contributed by atoms with Gasteiger partial charge in [-0.1, -0.05) is 24.3 Å².